The molecule has 5 heterocycles. The maximum absolute atomic E-state index is 13.3. The number of piperidine rings is 1. The fourth-order valence-corrected chi connectivity index (χ4v) is 7.93. The number of aryl methyl sites for hydroxylation is 2. The molecule has 2 saturated heterocycles. The lowest BCUT2D eigenvalue weighted by Gasteiger charge is -2.35. The third-order valence-electron chi connectivity index (χ3n) is 9.82. The van der Waals surface area contributed by atoms with E-state index in [4.69, 9.17) is 11.6 Å². The van der Waals surface area contributed by atoms with Crippen molar-refractivity contribution in [2.45, 2.75) is 52.0 Å². The van der Waals surface area contributed by atoms with Gasteiger partial charge in [0.2, 0.25) is 17.7 Å². The highest BCUT2D eigenvalue weighted by Crippen LogP contribution is 2.33. The number of benzene rings is 2. The Hall–Kier alpha value is -5.78. The number of hydrogen-bond donors (Lipinski definition) is 4. The van der Waals surface area contributed by atoms with Gasteiger partial charge >= 0.3 is 0 Å². The summed E-state index contributed by atoms with van der Waals surface area (Å²) in [5.74, 6) is -1.07. The molecule has 4 aromatic rings. The van der Waals surface area contributed by atoms with Crippen molar-refractivity contribution in [3.63, 3.8) is 0 Å². The first-order valence-corrected chi connectivity index (χ1v) is 19.4. The molecule has 2 fully saturated rings. The monoisotopic (exact) mass is 798 g/mol. The van der Waals surface area contributed by atoms with Crippen LogP contribution in [0.1, 0.15) is 73.9 Å². The number of piperazine rings is 1. The molecule has 0 saturated carbocycles. The molecule has 18 heteroatoms. The zero-order valence-electron chi connectivity index (χ0n) is 30.7. The largest absolute Gasteiger partial charge is 0.354 e. The molecule has 3 aliphatic rings. The lowest BCUT2D eigenvalue weighted by Crippen LogP contribution is -2.54. The topological polar surface area (TPSA) is 199 Å². The summed E-state index contributed by atoms with van der Waals surface area (Å²) < 4.78 is 0. The van der Waals surface area contributed by atoms with Gasteiger partial charge in [-0.25, -0.2) is 15.0 Å². The van der Waals surface area contributed by atoms with Crippen molar-refractivity contribution in [3.05, 3.63) is 81.1 Å². The SMILES string of the molecule is Cc1nc(Nc2ncc(C(=O)Nc3c(C)cccc3Cl)s2)cc(N2CCN(CCCCC(=O)Nc3cccc4c3C(=O)N(C3CCC(=O)NC3=O)C4=O)CC2)n1. The molecular formula is C38H39ClN10O6S. The molecule has 56 heavy (non-hydrogen) atoms. The Morgan fingerprint density at radius 3 is 2.52 bits per heavy atom. The highest BCUT2D eigenvalue weighted by molar-refractivity contribution is 7.17. The predicted octanol–water partition coefficient (Wildman–Crippen LogP) is 4.53. The van der Waals surface area contributed by atoms with Crippen molar-refractivity contribution < 1.29 is 28.8 Å². The van der Waals surface area contributed by atoms with E-state index in [1.807, 2.05) is 32.0 Å². The molecule has 1 atom stereocenters. The number of anilines is 5. The Morgan fingerprint density at radius 1 is 0.964 bits per heavy atom. The number of nitrogens with one attached hydrogen (secondary N) is 4. The minimum atomic E-state index is -1.08. The van der Waals surface area contributed by atoms with Gasteiger partial charge < -0.3 is 20.9 Å². The molecule has 7 rings (SSSR count). The van der Waals surface area contributed by atoms with E-state index in [0.29, 0.717) is 38.8 Å². The van der Waals surface area contributed by atoms with E-state index in [-0.39, 0.29) is 47.9 Å². The van der Waals surface area contributed by atoms with Crippen molar-refractivity contribution in [1.82, 2.24) is 30.1 Å². The van der Waals surface area contributed by atoms with Crippen molar-refractivity contribution in [3.8, 4) is 0 Å². The van der Waals surface area contributed by atoms with Crippen LogP contribution in [0, 0.1) is 13.8 Å². The third-order valence-corrected chi connectivity index (χ3v) is 11.0. The molecule has 0 bridgehead atoms. The number of unbranched alkanes of at least 4 members (excludes halogenated alkanes) is 1. The average Bonchev–Trinajstić information content (AvgIpc) is 3.73. The van der Waals surface area contributed by atoms with Gasteiger partial charge in [-0.15, -0.1) is 0 Å². The smallest absolute Gasteiger partial charge is 0.267 e. The first kappa shape index (κ1) is 38.5. The maximum Gasteiger partial charge on any atom is 0.267 e. The van der Waals surface area contributed by atoms with E-state index >= 15 is 0 Å². The van der Waals surface area contributed by atoms with Gasteiger partial charge in [-0.1, -0.05) is 41.1 Å². The summed E-state index contributed by atoms with van der Waals surface area (Å²) in [6, 6.07) is 10.8. The molecule has 1 unspecified atom stereocenters. The number of imide groups is 2. The van der Waals surface area contributed by atoms with Crippen LogP contribution in [-0.2, 0) is 14.4 Å². The molecule has 3 aliphatic heterocycles. The van der Waals surface area contributed by atoms with Gasteiger partial charge in [0, 0.05) is 45.1 Å². The van der Waals surface area contributed by atoms with Crippen molar-refractivity contribution in [2.24, 2.45) is 0 Å². The first-order valence-electron chi connectivity index (χ1n) is 18.2. The first-order chi connectivity index (χ1) is 26.9. The molecule has 16 nitrogen and oxygen atoms in total. The molecule has 2 aromatic carbocycles. The van der Waals surface area contributed by atoms with E-state index in [0.717, 1.165) is 55.4 Å². The number of nitrogens with zero attached hydrogens (tertiary/aromatic N) is 6. The number of fused-ring (bicyclic) bond motifs is 1. The molecular weight excluding hydrogens is 760 g/mol. The van der Waals surface area contributed by atoms with Gasteiger partial charge in [0.15, 0.2) is 5.13 Å². The molecule has 2 aromatic heterocycles. The second-order valence-electron chi connectivity index (χ2n) is 13.7. The summed E-state index contributed by atoms with van der Waals surface area (Å²) in [6.45, 7) is 7.63. The second-order valence-corrected chi connectivity index (χ2v) is 15.1. The van der Waals surface area contributed by atoms with Crippen LogP contribution in [0.25, 0.3) is 0 Å². The van der Waals surface area contributed by atoms with Gasteiger partial charge in [0.05, 0.1) is 33.7 Å². The summed E-state index contributed by atoms with van der Waals surface area (Å²) in [6.07, 6.45) is 3.22. The summed E-state index contributed by atoms with van der Waals surface area (Å²) in [5.41, 5.74) is 1.81. The Bertz CT molecular complexity index is 2220. The second kappa shape index (κ2) is 16.5. The lowest BCUT2D eigenvalue weighted by atomic mass is 10.0. The van der Waals surface area contributed by atoms with Crippen LogP contribution < -0.4 is 26.2 Å². The number of hydrogen-bond acceptors (Lipinski definition) is 13. The molecule has 6 amide bonds. The van der Waals surface area contributed by atoms with Gasteiger partial charge in [-0.05, 0) is 63.4 Å². The third kappa shape index (κ3) is 8.39. The molecule has 0 aliphatic carbocycles. The van der Waals surface area contributed by atoms with Gasteiger partial charge in [0.25, 0.3) is 17.7 Å². The van der Waals surface area contributed by atoms with Crippen LogP contribution in [-0.4, -0.2) is 99.0 Å². The maximum atomic E-state index is 13.3. The number of thiazole rings is 1. The fourth-order valence-electron chi connectivity index (χ4n) is 6.94. The Kier molecular flexibility index (Phi) is 11.4. The zero-order valence-corrected chi connectivity index (χ0v) is 32.3. The number of aromatic nitrogens is 3. The normalized spacial score (nSPS) is 17.2. The number of rotatable bonds is 12. The van der Waals surface area contributed by atoms with Gasteiger partial charge in [-0.2, -0.15) is 0 Å². The summed E-state index contributed by atoms with van der Waals surface area (Å²) in [7, 11) is 0. The van der Waals surface area contributed by atoms with Crippen molar-refractivity contribution in [1.29, 1.82) is 0 Å². The molecule has 4 N–H and O–H groups in total. The Morgan fingerprint density at radius 2 is 1.75 bits per heavy atom. The van der Waals surface area contributed by atoms with Gasteiger partial charge in [-0.3, -0.25) is 43.9 Å². The number of amides is 6. The lowest BCUT2D eigenvalue weighted by molar-refractivity contribution is -0.136. The summed E-state index contributed by atoms with van der Waals surface area (Å²) in [4.78, 5) is 95.7. The van der Waals surface area contributed by atoms with E-state index in [9.17, 15) is 28.8 Å². The highest BCUT2D eigenvalue weighted by atomic mass is 35.5. The van der Waals surface area contributed by atoms with Gasteiger partial charge in [0.1, 0.15) is 28.4 Å². The van der Waals surface area contributed by atoms with Crippen molar-refractivity contribution >= 4 is 86.5 Å². The van der Waals surface area contributed by atoms with Crippen LogP contribution in [0.15, 0.2) is 48.7 Å². The van der Waals surface area contributed by atoms with E-state index in [1.54, 1.807) is 18.2 Å². The Balaban J connectivity index is 0.860. The predicted molar refractivity (Wildman–Crippen MR) is 211 cm³/mol. The average molecular weight is 799 g/mol. The number of carbonyl (C=O) groups is 6. The van der Waals surface area contributed by atoms with Crippen LogP contribution >= 0.6 is 22.9 Å². The van der Waals surface area contributed by atoms with Crippen LogP contribution in [0.4, 0.5) is 28.1 Å². The Labute approximate surface area is 331 Å². The quantitative estimate of drug-likeness (QED) is 0.116. The van der Waals surface area contributed by atoms with E-state index < -0.39 is 29.7 Å². The standard InChI is InChI=1S/C38H39ClN10O6S/c1-21-7-5-9-24(39)33(21)46-35(53)27-20-40-38(56-27)44-28-19-29(42-22(2)41-28)48-17-15-47(16-18-48)14-4-3-11-30(50)43-25-10-6-8-23-32(25)37(55)49(36(23)54)26-12-13-31(51)45-34(26)52/h5-10,19-20,26H,3-4,11-18H2,1-2H3,(H,43,50)(H,46,53)(H,45,51,52)(H,40,41,42,44). The fraction of sp³-hybridized carbons (Fsp3) is 0.342. The number of para-hydroxylation sites is 1. The molecule has 290 valence electrons. The summed E-state index contributed by atoms with van der Waals surface area (Å²) >= 11 is 7.48. The molecule has 0 radical (unpaired) electrons. The van der Waals surface area contributed by atoms with Crippen LogP contribution in [0.5, 0.6) is 0 Å². The molecule has 0 spiro atoms. The van der Waals surface area contributed by atoms with E-state index in [1.165, 1.54) is 23.6 Å². The summed E-state index contributed by atoms with van der Waals surface area (Å²) in [5, 5.41) is 12.0. The van der Waals surface area contributed by atoms with Crippen molar-refractivity contribution in [2.75, 3.05) is 53.6 Å². The number of carbonyl (C=O) groups excluding carboxylic acids is 6. The highest BCUT2D eigenvalue weighted by Gasteiger charge is 2.45. The zero-order chi connectivity index (χ0) is 39.5. The minimum Gasteiger partial charge on any atom is -0.354 e. The van der Waals surface area contributed by atoms with Crippen LogP contribution in [0.3, 0.4) is 0 Å². The van der Waals surface area contributed by atoms with E-state index in [2.05, 4.69) is 46.0 Å². The minimum absolute atomic E-state index is 0.0240. The number of halogens is 1. The van der Waals surface area contributed by atoms with Crippen LogP contribution in [0.2, 0.25) is 5.02 Å².